The zero-order valence-electron chi connectivity index (χ0n) is 10.1. The first-order valence-corrected chi connectivity index (χ1v) is 9.18. The highest BCUT2D eigenvalue weighted by molar-refractivity contribution is 8.56. The highest BCUT2D eigenvalue weighted by Crippen LogP contribution is 2.54. The number of hydrogen-bond acceptors (Lipinski definition) is 3. The minimum Gasteiger partial charge on any atom is -0.337 e. The van der Waals surface area contributed by atoms with Crippen molar-refractivity contribution in [1.29, 1.82) is 0 Å². The van der Waals surface area contributed by atoms with Crippen LogP contribution in [0.15, 0.2) is 0 Å². The molecule has 0 rings (SSSR count). The van der Waals surface area contributed by atoms with Gasteiger partial charge in [0.05, 0.1) is 0 Å². The van der Waals surface area contributed by atoms with E-state index in [0.717, 1.165) is 38.2 Å². The van der Waals surface area contributed by atoms with Crippen LogP contribution in [-0.4, -0.2) is 41.3 Å². The summed E-state index contributed by atoms with van der Waals surface area (Å²) in [5.74, 6) is 0.763. The van der Waals surface area contributed by atoms with Crippen molar-refractivity contribution in [2.24, 2.45) is 0 Å². The molecule has 1 N–H and O–H groups in total. The van der Waals surface area contributed by atoms with Crippen molar-refractivity contribution in [2.45, 2.75) is 33.6 Å². The summed E-state index contributed by atoms with van der Waals surface area (Å²) in [7, 11) is 0. The van der Waals surface area contributed by atoms with Gasteiger partial charge in [-0.1, -0.05) is 38.6 Å². The summed E-state index contributed by atoms with van der Waals surface area (Å²) < 4.78 is 11.6. The van der Waals surface area contributed by atoms with Gasteiger partial charge in [-0.2, -0.15) is 0 Å². The molecule has 5 heteroatoms. The molecular formula is C10H24NO2PS. The molecule has 0 heterocycles. The molecular weight excluding hydrogens is 229 g/mol. The van der Waals surface area contributed by atoms with Gasteiger partial charge in [0, 0.05) is 18.5 Å². The van der Waals surface area contributed by atoms with Crippen LogP contribution >= 0.6 is 18.0 Å². The van der Waals surface area contributed by atoms with Crippen LogP contribution in [0.4, 0.5) is 0 Å². The maximum Gasteiger partial charge on any atom is 0.255 e. The lowest BCUT2D eigenvalue weighted by molar-refractivity contribution is 0.324. The Hall–Kier alpha value is 0.500. The molecule has 1 unspecified atom stereocenters. The fourth-order valence-electron chi connectivity index (χ4n) is 1.27. The third-order valence-corrected chi connectivity index (χ3v) is 6.34. The SMILES string of the molecule is CCCCP(=O)(O)SCCN(CC)CC. The van der Waals surface area contributed by atoms with Gasteiger partial charge in [0.1, 0.15) is 0 Å². The molecule has 0 spiro atoms. The molecule has 0 aliphatic rings. The summed E-state index contributed by atoms with van der Waals surface area (Å²) in [6.07, 6.45) is 2.31. The van der Waals surface area contributed by atoms with Crippen molar-refractivity contribution in [3.05, 3.63) is 0 Å². The summed E-state index contributed by atoms with van der Waals surface area (Å²) >= 11 is 1.25. The highest BCUT2D eigenvalue weighted by Gasteiger charge is 2.17. The smallest absolute Gasteiger partial charge is 0.255 e. The van der Waals surface area contributed by atoms with Crippen LogP contribution in [0.25, 0.3) is 0 Å². The molecule has 0 fully saturated rings. The van der Waals surface area contributed by atoms with Crippen molar-refractivity contribution < 1.29 is 9.46 Å². The van der Waals surface area contributed by atoms with Crippen LogP contribution < -0.4 is 0 Å². The normalized spacial score (nSPS) is 15.5. The lowest BCUT2D eigenvalue weighted by Gasteiger charge is -2.18. The topological polar surface area (TPSA) is 40.5 Å². The first kappa shape index (κ1) is 15.5. The molecule has 1 atom stereocenters. The molecule has 0 amide bonds. The van der Waals surface area contributed by atoms with Crippen molar-refractivity contribution in [3.8, 4) is 0 Å². The van der Waals surface area contributed by atoms with Crippen LogP contribution in [0.2, 0.25) is 0 Å². The zero-order chi connectivity index (χ0) is 11.7. The van der Waals surface area contributed by atoms with Crippen LogP contribution in [0, 0.1) is 0 Å². The molecule has 3 nitrogen and oxygen atoms in total. The van der Waals surface area contributed by atoms with Crippen LogP contribution in [0.1, 0.15) is 33.6 Å². The maximum atomic E-state index is 11.6. The lowest BCUT2D eigenvalue weighted by atomic mass is 10.4. The first-order chi connectivity index (χ1) is 7.05. The zero-order valence-corrected chi connectivity index (χ0v) is 11.8. The number of hydrogen-bond donors (Lipinski definition) is 1. The Balaban J connectivity index is 3.69. The maximum absolute atomic E-state index is 11.6. The van der Waals surface area contributed by atoms with Gasteiger partial charge in [0.25, 0.3) is 6.57 Å². The van der Waals surface area contributed by atoms with Crippen LogP contribution in [-0.2, 0) is 4.57 Å². The lowest BCUT2D eigenvalue weighted by Crippen LogP contribution is -2.25. The molecule has 0 aromatic heterocycles. The van der Waals surface area contributed by atoms with E-state index in [2.05, 4.69) is 18.7 Å². The van der Waals surface area contributed by atoms with Crippen molar-refractivity contribution in [1.82, 2.24) is 4.90 Å². The molecule has 0 aliphatic carbocycles. The summed E-state index contributed by atoms with van der Waals surface area (Å²) in [5, 5.41) is 0. The van der Waals surface area contributed by atoms with Gasteiger partial charge in [-0.3, -0.25) is 4.57 Å². The average Bonchev–Trinajstić information content (AvgIpc) is 2.22. The van der Waals surface area contributed by atoms with E-state index < -0.39 is 6.57 Å². The van der Waals surface area contributed by atoms with E-state index in [0.29, 0.717) is 6.16 Å². The van der Waals surface area contributed by atoms with Gasteiger partial charge < -0.3 is 9.79 Å². The summed E-state index contributed by atoms with van der Waals surface area (Å²) in [6.45, 7) is 6.32. The van der Waals surface area contributed by atoms with Gasteiger partial charge in [-0.15, -0.1) is 0 Å². The Morgan fingerprint density at radius 2 is 1.87 bits per heavy atom. The predicted octanol–water partition coefficient (Wildman–Crippen LogP) is 3.05. The molecule has 0 saturated heterocycles. The van der Waals surface area contributed by atoms with Crippen LogP contribution in [0.5, 0.6) is 0 Å². The molecule has 92 valence electrons. The fourth-order valence-corrected chi connectivity index (χ4v) is 4.62. The number of rotatable bonds is 9. The Labute approximate surface area is 97.8 Å². The second-order valence-corrected chi connectivity index (χ2v) is 8.45. The van der Waals surface area contributed by atoms with Gasteiger partial charge >= 0.3 is 0 Å². The molecule has 0 aliphatic heterocycles. The highest BCUT2D eigenvalue weighted by atomic mass is 32.7. The van der Waals surface area contributed by atoms with Gasteiger partial charge in [0.2, 0.25) is 0 Å². The van der Waals surface area contributed by atoms with E-state index in [1.54, 1.807) is 0 Å². The second kappa shape index (κ2) is 8.63. The quantitative estimate of drug-likeness (QED) is 0.641. The second-order valence-electron chi connectivity index (χ2n) is 3.57. The Kier molecular flexibility index (Phi) is 8.92. The van der Waals surface area contributed by atoms with E-state index >= 15 is 0 Å². The molecule has 0 bridgehead atoms. The average molecular weight is 253 g/mol. The van der Waals surface area contributed by atoms with E-state index in [4.69, 9.17) is 0 Å². The fraction of sp³-hybridized carbons (Fsp3) is 1.00. The van der Waals surface area contributed by atoms with Gasteiger partial charge in [0.15, 0.2) is 0 Å². The van der Waals surface area contributed by atoms with Gasteiger partial charge in [-0.05, 0) is 19.5 Å². The minimum atomic E-state index is -2.90. The summed E-state index contributed by atoms with van der Waals surface area (Å²) in [4.78, 5) is 11.9. The van der Waals surface area contributed by atoms with E-state index in [-0.39, 0.29) is 0 Å². The van der Waals surface area contributed by atoms with Crippen molar-refractivity contribution in [3.63, 3.8) is 0 Å². The Morgan fingerprint density at radius 3 is 2.33 bits per heavy atom. The summed E-state index contributed by atoms with van der Waals surface area (Å²) in [5.41, 5.74) is 0. The number of nitrogens with zero attached hydrogens (tertiary/aromatic N) is 1. The van der Waals surface area contributed by atoms with E-state index in [9.17, 15) is 9.46 Å². The van der Waals surface area contributed by atoms with E-state index in [1.807, 2.05) is 6.92 Å². The Morgan fingerprint density at radius 1 is 1.27 bits per heavy atom. The predicted molar refractivity (Wildman–Crippen MR) is 69.8 cm³/mol. The Bertz CT molecular complexity index is 198. The third-order valence-electron chi connectivity index (χ3n) is 2.39. The van der Waals surface area contributed by atoms with Crippen LogP contribution in [0.3, 0.4) is 0 Å². The third kappa shape index (κ3) is 8.32. The van der Waals surface area contributed by atoms with Gasteiger partial charge in [-0.25, -0.2) is 0 Å². The standard InChI is InChI=1S/C10H24NO2PS/c1-4-7-9-14(12,13)15-10-8-11(5-2)6-3/h4-10H2,1-3H3,(H,12,13). The molecule has 0 aromatic carbocycles. The number of unbranched alkanes of at least 4 members (excludes halogenated alkanes) is 1. The molecule has 0 radical (unpaired) electrons. The van der Waals surface area contributed by atoms with E-state index in [1.165, 1.54) is 11.4 Å². The minimum absolute atomic E-state index is 0.465. The molecule has 0 aromatic rings. The molecule has 0 saturated carbocycles. The largest absolute Gasteiger partial charge is 0.337 e. The summed E-state index contributed by atoms with van der Waals surface area (Å²) in [6, 6.07) is 0. The molecule has 15 heavy (non-hydrogen) atoms. The van der Waals surface area contributed by atoms with Crippen molar-refractivity contribution >= 4 is 18.0 Å². The monoisotopic (exact) mass is 253 g/mol. The van der Waals surface area contributed by atoms with Crippen molar-refractivity contribution in [2.75, 3.05) is 31.5 Å². The first-order valence-electron chi connectivity index (χ1n) is 5.74.